The molecule has 2 heterocycles. The quantitative estimate of drug-likeness (QED) is 0.0946. The van der Waals surface area contributed by atoms with Gasteiger partial charge in [-0.1, -0.05) is 42.3 Å². The number of nitrogens with zero attached hydrogens (tertiary/aromatic N) is 2. The number of aliphatic hydroxyl groups excluding tert-OH is 1. The van der Waals surface area contributed by atoms with Gasteiger partial charge in [0.15, 0.2) is 0 Å². The van der Waals surface area contributed by atoms with Gasteiger partial charge >= 0.3 is 6.09 Å². The standard InChI is InChI=1S/C34H36N4O7S2.CH4O/c1-34(2,3)45-33(39)36-16-17-42-18-19-43-20-21-44-29-13-14-30(27(22-29)11-9-25-10-12-28(24-46)37-23-25)38-47(40,41)31-8-4-6-26-7-5-15-35-32(26)31;1-2/h4-8,10,12-15,22-24,38H,16-21H2,1-3H3,(H,36,39);2H,1H3. The van der Waals surface area contributed by atoms with E-state index in [1.165, 1.54) is 11.4 Å². The van der Waals surface area contributed by atoms with Crippen LogP contribution in [0.15, 0.2) is 78.0 Å². The second kappa shape index (κ2) is 19.4. The number of sulfonamides is 1. The van der Waals surface area contributed by atoms with Gasteiger partial charge in [-0.25, -0.2) is 13.2 Å². The normalized spacial score (nSPS) is 11.0. The van der Waals surface area contributed by atoms with Gasteiger partial charge in [-0.3, -0.25) is 14.7 Å². The average Bonchev–Trinajstić information content (AvgIpc) is 3.09. The summed E-state index contributed by atoms with van der Waals surface area (Å²) in [5, 5.41) is 11.8. The number of hydrogen-bond acceptors (Lipinski definition) is 11. The van der Waals surface area contributed by atoms with Gasteiger partial charge in [0, 0.05) is 42.4 Å². The molecule has 3 N–H and O–H groups in total. The van der Waals surface area contributed by atoms with E-state index >= 15 is 0 Å². The van der Waals surface area contributed by atoms with Crippen LogP contribution in [0.25, 0.3) is 10.9 Å². The first-order valence-electron chi connectivity index (χ1n) is 15.2. The summed E-state index contributed by atoms with van der Waals surface area (Å²) in [5.41, 5.74) is 1.74. The fourth-order valence-corrected chi connectivity index (χ4v) is 5.47. The Labute approximate surface area is 292 Å². The number of para-hydroxylation sites is 1. The minimum Gasteiger partial charge on any atom is -0.491 e. The van der Waals surface area contributed by atoms with Crippen LogP contribution in [0.4, 0.5) is 10.5 Å². The second-order valence-electron chi connectivity index (χ2n) is 11.0. The van der Waals surface area contributed by atoms with Crippen LogP contribution < -0.4 is 14.8 Å². The summed E-state index contributed by atoms with van der Waals surface area (Å²) in [6.07, 6.45) is 2.65. The number of nitrogens with one attached hydrogen (secondary N) is 2. The molecule has 2 aromatic heterocycles. The topological polar surface area (TPSA) is 158 Å². The molecule has 260 valence electrons. The minimum atomic E-state index is -4.02. The van der Waals surface area contributed by atoms with E-state index < -0.39 is 21.7 Å². The highest BCUT2D eigenvalue weighted by Gasteiger charge is 2.20. The number of carbonyl (C=O) groups excluding carboxylic acids is 1. The van der Waals surface area contributed by atoms with Crippen LogP contribution in [0, 0.1) is 11.8 Å². The fraction of sp³-hybridized carbons (Fsp3) is 0.314. The number of carbonyl (C=O) groups is 1. The monoisotopic (exact) mass is 708 g/mol. The third-order valence-electron chi connectivity index (χ3n) is 6.15. The number of ether oxygens (including phenoxy) is 4. The summed E-state index contributed by atoms with van der Waals surface area (Å²) in [5.74, 6) is 6.54. The Morgan fingerprint density at radius 2 is 1.67 bits per heavy atom. The highest BCUT2D eigenvalue weighted by Crippen LogP contribution is 2.27. The van der Waals surface area contributed by atoms with Gasteiger partial charge in [0.05, 0.1) is 48.9 Å². The maximum Gasteiger partial charge on any atom is 0.407 e. The molecule has 0 aliphatic carbocycles. The van der Waals surface area contributed by atoms with Gasteiger partial charge in [0.2, 0.25) is 0 Å². The highest BCUT2D eigenvalue weighted by molar-refractivity contribution is 7.93. The third-order valence-corrected chi connectivity index (χ3v) is 7.79. The Morgan fingerprint density at radius 3 is 2.39 bits per heavy atom. The lowest BCUT2D eigenvalue weighted by Crippen LogP contribution is -2.34. The molecule has 0 bridgehead atoms. The van der Waals surface area contributed by atoms with Crippen LogP contribution in [-0.4, -0.2) is 87.2 Å². The number of benzene rings is 2. The van der Waals surface area contributed by atoms with Crippen LogP contribution in [0.5, 0.6) is 5.75 Å². The van der Waals surface area contributed by atoms with Gasteiger partial charge in [-0.15, -0.1) is 0 Å². The van der Waals surface area contributed by atoms with Crippen molar-refractivity contribution in [1.82, 2.24) is 15.3 Å². The molecule has 4 rings (SSSR count). The summed E-state index contributed by atoms with van der Waals surface area (Å²) < 4.78 is 51.8. The molecule has 1 amide bonds. The lowest BCUT2D eigenvalue weighted by molar-refractivity contribution is 0.0327. The molecule has 4 aromatic rings. The van der Waals surface area contributed by atoms with Crippen molar-refractivity contribution in [1.29, 1.82) is 0 Å². The average molecular weight is 709 g/mol. The molecule has 0 saturated carbocycles. The van der Waals surface area contributed by atoms with Crippen molar-refractivity contribution >= 4 is 50.3 Å². The van der Waals surface area contributed by atoms with Crippen LogP contribution in [0.3, 0.4) is 0 Å². The van der Waals surface area contributed by atoms with Gasteiger partial charge in [0.25, 0.3) is 10.0 Å². The minimum absolute atomic E-state index is 0.0511. The predicted octanol–water partition coefficient (Wildman–Crippen LogP) is 4.72. The number of aliphatic hydroxyl groups is 1. The van der Waals surface area contributed by atoms with Crippen molar-refractivity contribution in [2.45, 2.75) is 31.3 Å². The number of fused-ring (bicyclic) bond motifs is 1. The zero-order chi connectivity index (χ0) is 35.7. The van der Waals surface area contributed by atoms with E-state index in [0.717, 1.165) is 7.11 Å². The van der Waals surface area contributed by atoms with Gasteiger partial charge in [-0.2, -0.15) is 0 Å². The summed E-state index contributed by atoms with van der Waals surface area (Å²) in [6, 6.07) is 17.0. The van der Waals surface area contributed by atoms with Crippen LogP contribution in [0.1, 0.15) is 37.6 Å². The number of hydrogen-bond donors (Lipinski definition) is 3. The van der Waals surface area contributed by atoms with E-state index in [1.807, 2.05) is 0 Å². The lowest BCUT2D eigenvalue weighted by atomic mass is 10.1. The molecule has 0 spiro atoms. The molecule has 0 aliphatic heterocycles. The molecular formula is C35H40N4O8S2. The van der Waals surface area contributed by atoms with E-state index in [9.17, 15) is 13.2 Å². The van der Waals surface area contributed by atoms with Crippen molar-refractivity contribution in [3.63, 3.8) is 0 Å². The molecule has 14 heteroatoms. The number of aromatic nitrogens is 2. The molecule has 0 radical (unpaired) electrons. The zero-order valence-electron chi connectivity index (χ0n) is 27.8. The molecule has 49 heavy (non-hydrogen) atoms. The first kappa shape index (κ1) is 38.8. The van der Waals surface area contributed by atoms with Gasteiger partial charge in [-0.05, 0) is 63.2 Å². The fourth-order valence-electron chi connectivity index (χ4n) is 4.07. The first-order chi connectivity index (χ1) is 23.5. The molecule has 2 aromatic carbocycles. The molecule has 0 fully saturated rings. The zero-order valence-corrected chi connectivity index (χ0v) is 29.4. The second-order valence-corrected chi connectivity index (χ2v) is 12.9. The number of amides is 1. The van der Waals surface area contributed by atoms with Crippen molar-refractivity contribution in [2.75, 3.05) is 51.4 Å². The first-order valence-corrected chi connectivity index (χ1v) is 17.1. The predicted molar refractivity (Wildman–Crippen MR) is 191 cm³/mol. The molecule has 0 aliphatic rings. The summed E-state index contributed by atoms with van der Waals surface area (Å²) >= 11 is 4.92. The molecule has 0 saturated heterocycles. The van der Waals surface area contributed by atoms with E-state index in [4.69, 9.17) is 36.3 Å². The van der Waals surface area contributed by atoms with Crippen molar-refractivity contribution in [2.24, 2.45) is 0 Å². The number of thiocarbonyl (C=S) groups is 1. The molecular weight excluding hydrogens is 669 g/mol. The van der Waals surface area contributed by atoms with Crippen molar-refractivity contribution < 1.29 is 37.3 Å². The van der Waals surface area contributed by atoms with Crippen molar-refractivity contribution in [3.8, 4) is 17.6 Å². The molecule has 0 unspecified atom stereocenters. The van der Waals surface area contributed by atoms with Crippen LogP contribution in [0.2, 0.25) is 0 Å². The summed E-state index contributed by atoms with van der Waals surface area (Å²) in [7, 11) is -3.02. The maximum absolute atomic E-state index is 13.5. The van der Waals surface area contributed by atoms with E-state index in [-0.39, 0.29) is 17.2 Å². The number of rotatable bonds is 14. The largest absolute Gasteiger partial charge is 0.491 e. The lowest BCUT2D eigenvalue weighted by Gasteiger charge is -2.19. The summed E-state index contributed by atoms with van der Waals surface area (Å²) in [4.78, 5) is 20.2. The Bertz CT molecular complexity index is 1850. The maximum atomic E-state index is 13.5. The SMILES string of the molecule is CC(C)(C)OC(=O)NCCOCCOCCOc1ccc(NS(=O)(=O)c2cccc3cccnc23)c(C#Cc2ccc(C=S)nc2)c1.CO. The van der Waals surface area contributed by atoms with Crippen molar-refractivity contribution in [3.05, 3.63) is 89.9 Å². The van der Waals surface area contributed by atoms with Crippen LogP contribution in [-0.2, 0) is 24.2 Å². The summed E-state index contributed by atoms with van der Waals surface area (Å²) in [6.45, 7) is 7.25. The number of alkyl carbamates (subject to hydrolysis) is 1. The molecule has 0 atom stereocenters. The van der Waals surface area contributed by atoms with E-state index in [0.29, 0.717) is 66.4 Å². The van der Waals surface area contributed by atoms with Gasteiger partial charge in [0.1, 0.15) is 22.9 Å². The van der Waals surface area contributed by atoms with Gasteiger partial charge < -0.3 is 29.4 Å². The third kappa shape index (κ3) is 13.1. The number of pyridine rings is 2. The smallest absolute Gasteiger partial charge is 0.407 e. The highest BCUT2D eigenvalue weighted by atomic mass is 32.2. The van der Waals surface area contributed by atoms with E-state index in [1.54, 1.807) is 87.8 Å². The Morgan fingerprint density at radius 1 is 0.939 bits per heavy atom. The Hall–Kier alpha value is -4.65. The Balaban J connectivity index is 0.00000319. The van der Waals surface area contributed by atoms with E-state index in [2.05, 4.69) is 31.8 Å². The molecule has 12 nitrogen and oxygen atoms in total. The number of anilines is 1. The Kier molecular flexibility index (Phi) is 15.3. The van der Waals surface area contributed by atoms with Crippen LogP contribution >= 0.6 is 12.2 Å².